The molecule has 0 spiro atoms. The van der Waals surface area contributed by atoms with E-state index in [2.05, 4.69) is 4.90 Å². The van der Waals surface area contributed by atoms with Crippen LogP contribution in [-0.4, -0.2) is 29.3 Å². The highest BCUT2D eigenvalue weighted by Gasteiger charge is 2.34. The van der Waals surface area contributed by atoms with E-state index in [4.69, 9.17) is 11.6 Å². The van der Waals surface area contributed by atoms with Crippen molar-refractivity contribution in [1.29, 1.82) is 0 Å². The summed E-state index contributed by atoms with van der Waals surface area (Å²) in [6, 6.07) is 4.60. The lowest BCUT2D eigenvalue weighted by atomic mass is 9.91. The fraction of sp³-hybridized carbons (Fsp3) is 0.588. The molecule has 0 aliphatic carbocycles. The molecule has 1 aromatic carbocycles. The van der Waals surface area contributed by atoms with Gasteiger partial charge in [0.15, 0.2) is 5.78 Å². The van der Waals surface area contributed by atoms with Crippen LogP contribution in [0.25, 0.3) is 0 Å². The van der Waals surface area contributed by atoms with Crippen LogP contribution in [0.5, 0.6) is 0 Å². The van der Waals surface area contributed by atoms with Gasteiger partial charge in [0.1, 0.15) is 5.82 Å². The van der Waals surface area contributed by atoms with Crippen molar-refractivity contribution >= 4 is 17.4 Å². The molecule has 116 valence electrons. The molecule has 0 amide bonds. The first-order valence-corrected chi connectivity index (χ1v) is 8.01. The minimum Gasteiger partial charge on any atom is -0.297 e. The van der Waals surface area contributed by atoms with Crippen LogP contribution >= 0.6 is 11.6 Å². The van der Waals surface area contributed by atoms with Crippen LogP contribution in [0.15, 0.2) is 18.2 Å². The predicted molar refractivity (Wildman–Crippen MR) is 84.2 cm³/mol. The lowest BCUT2D eigenvalue weighted by Gasteiger charge is -2.36. The van der Waals surface area contributed by atoms with Crippen LogP contribution in [0, 0.1) is 5.82 Å². The van der Waals surface area contributed by atoms with E-state index in [0.29, 0.717) is 5.56 Å². The number of benzene rings is 1. The molecule has 0 radical (unpaired) electrons. The molecule has 0 aromatic heterocycles. The average molecular weight is 312 g/mol. The topological polar surface area (TPSA) is 20.3 Å². The molecule has 0 unspecified atom stereocenters. The van der Waals surface area contributed by atoms with Crippen molar-refractivity contribution in [3.63, 3.8) is 0 Å². The zero-order valence-corrected chi connectivity index (χ0v) is 13.5. The van der Waals surface area contributed by atoms with Gasteiger partial charge >= 0.3 is 0 Å². The van der Waals surface area contributed by atoms with Crippen molar-refractivity contribution in [2.75, 3.05) is 13.1 Å². The largest absolute Gasteiger partial charge is 0.297 e. The Morgan fingerprint density at radius 2 is 1.86 bits per heavy atom. The standard InChI is InChI=1S/C17H23ClFNO/c1-17(2,20-9-5-3-4-6-10-20)16(21)12-13-7-8-14(18)15(19)11-13/h7-8,11H,3-6,9-10,12H2,1-2H3. The van der Waals surface area contributed by atoms with E-state index in [9.17, 15) is 9.18 Å². The van der Waals surface area contributed by atoms with Gasteiger partial charge in [0.25, 0.3) is 0 Å². The second-order valence-electron chi connectivity index (χ2n) is 6.31. The van der Waals surface area contributed by atoms with Gasteiger partial charge in [-0.2, -0.15) is 0 Å². The number of halogens is 2. The molecule has 0 saturated carbocycles. The number of carbonyl (C=O) groups excluding carboxylic acids is 1. The molecule has 1 fully saturated rings. The van der Waals surface area contributed by atoms with Crippen molar-refractivity contribution in [2.24, 2.45) is 0 Å². The van der Waals surface area contributed by atoms with Crippen LogP contribution in [0.4, 0.5) is 4.39 Å². The molecule has 21 heavy (non-hydrogen) atoms. The number of hydrogen-bond acceptors (Lipinski definition) is 2. The highest BCUT2D eigenvalue weighted by Crippen LogP contribution is 2.23. The maximum absolute atomic E-state index is 13.5. The average Bonchev–Trinajstić information content (AvgIpc) is 2.72. The molecule has 1 aliphatic heterocycles. The lowest BCUT2D eigenvalue weighted by Crippen LogP contribution is -2.51. The summed E-state index contributed by atoms with van der Waals surface area (Å²) in [4.78, 5) is 14.9. The van der Waals surface area contributed by atoms with E-state index in [0.717, 1.165) is 25.9 Å². The zero-order chi connectivity index (χ0) is 15.5. The third-order valence-corrected chi connectivity index (χ3v) is 4.73. The molecule has 0 atom stereocenters. The second kappa shape index (κ2) is 6.89. The molecule has 0 bridgehead atoms. The Morgan fingerprint density at radius 3 is 2.43 bits per heavy atom. The van der Waals surface area contributed by atoms with Crippen LogP contribution < -0.4 is 0 Å². The molecule has 1 saturated heterocycles. The zero-order valence-electron chi connectivity index (χ0n) is 12.8. The Labute approximate surface area is 131 Å². The molecule has 1 aromatic rings. The Morgan fingerprint density at radius 1 is 1.24 bits per heavy atom. The molecular formula is C17H23ClFNO. The third-order valence-electron chi connectivity index (χ3n) is 4.43. The highest BCUT2D eigenvalue weighted by atomic mass is 35.5. The van der Waals surface area contributed by atoms with Gasteiger partial charge in [-0.1, -0.05) is 30.5 Å². The summed E-state index contributed by atoms with van der Waals surface area (Å²) >= 11 is 5.68. The van der Waals surface area contributed by atoms with E-state index in [1.165, 1.54) is 25.0 Å². The van der Waals surface area contributed by atoms with Crippen LogP contribution in [-0.2, 0) is 11.2 Å². The van der Waals surface area contributed by atoms with Gasteiger partial charge in [0.05, 0.1) is 10.6 Å². The summed E-state index contributed by atoms with van der Waals surface area (Å²) < 4.78 is 13.5. The van der Waals surface area contributed by atoms with E-state index in [1.54, 1.807) is 6.07 Å². The molecule has 4 heteroatoms. The minimum absolute atomic E-state index is 0.0953. The smallest absolute Gasteiger partial charge is 0.156 e. The first-order chi connectivity index (χ1) is 9.91. The van der Waals surface area contributed by atoms with E-state index >= 15 is 0 Å². The number of ketones is 1. The number of likely N-dealkylation sites (tertiary alicyclic amines) is 1. The summed E-state index contributed by atoms with van der Waals surface area (Å²) in [7, 11) is 0. The van der Waals surface area contributed by atoms with Gasteiger partial charge in [-0.25, -0.2) is 4.39 Å². The van der Waals surface area contributed by atoms with Crippen molar-refractivity contribution in [2.45, 2.75) is 51.5 Å². The SMILES string of the molecule is CC(C)(C(=O)Cc1ccc(Cl)c(F)c1)N1CCCCCC1. The van der Waals surface area contributed by atoms with Crippen molar-refractivity contribution in [3.8, 4) is 0 Å². The number of nitrogens with zero attached hydrogens (tertiary/aromatic N) is 1. The summed E-state index contributed by atoms with van der Waals surface area (Å²) in [5.74, 6) is -0.333. The summed E-state index contributed by atoms with van der Waals surface area (Å²) in [6.45, 7) is 5.89. The quantitative estimate of drug-likeness (QED) is 0.828. The Hall–Kier alpha value is -0.930. The van der Waals surface area contributed by atoms with E-state index in [-0.39, 0.29) is 17.2 Å². The predicted octanol–water partition coefficient (Wildman–Crippen LogP) is 4.25. The maximum Gasteiger partial charge on any atom is 0.156 e. The highest BCUT2D eigenvalue weighted by molar-refractivity contribution is 6.30. The molecular weight excluding hydrogens is 289 g/mol. The van der Waals surface area contributed by atoms with Crippen LogP contribution in [0.2, 0.25) is 5.02 Å². The summed E-state index contributed by atoms with van der Waals surface area (Å²) in [5.41, 5.74) is 0.185. The van der Waals surface area contributed by atoms with Gasteiger partial charge in [-0.3, -0.25) is 9.69 Å². The first kappa shape index (κ1) is 16.4. The maximum atomic E-state index is 13.5. The Balaban J connectivity index is 2.08. The second-order valence-corrected chi connectivity index (χ2v) is 6.72. The number of hydrogen-bond donors (Lipinski definition) is 0. The Bertz CT molecular complexity index is 508. The van der Waals surface area contributed by atoms with Crippen molar-refractivity contribution in [3.05, 3.63) is 34.6 Å². The molecule has 0 N–H and O–H groups in total. The summed E-state index contributed by atoms with van der Waals surface area (Å²) in [5, 5.41) is 0.0953. The van der Waals surface area contributed by atoms with Gasteiger partial charge in [-0.15, -0.1) is 0 Å². The van der Waals surface area contributed by atoms with Crippen molar-refractivity contribution < 1.29 is 9.18 Å². The van der Waals surface area contributed by atoms with Crippen molar-refractivity contribution in [1.82, 2.24) is 4.90 Å². The van der Waals surface area contributed by atoms with Gasteiger partial charge in [0, 0.05) is 6.42 Å². The fourth-order valence-corrected chi connectivity index (χ4v) is 2.97. The minimum atomic E-state index is -0.500. The van der Waals surface area contributed by atoms with E-state index < -0.39 is 11.4 Å². The molecule has 1 heterocycles. The molecule has 2 rings (SSSR count). The Kier molecular flexibility index (Phi) is 5.39. The third kappa shape index (κ3) is 4.04. The molecule has 2 nitrogen and oxygen atoms in total. The monoisotopic (exact) mass is 311 g/mol. The summed E-state index contributed by atoms with van der Waals surface area (Å²) in [6.07, 6.45) is 5.02. The van der Waals surface area contributed by atoms with Gasteiger partial charge in [0.2, 0.25) is 0 Å². The first-order valence-electron chi connectivity index (χ1n) is 7.63. The number of Topliss-reactive ketones (excluding diaryl/α,β-unsaturated/α-hetero) is 1. The van der Waals surface area contributed by atoms with Crippen LogP contribution in [0.3, 0.4) is 0 Å². The fourth-order valence-electron chi connectivity index (χ4n) is 2.86. The molecule has 1 aliphatic rings. The lowest BCUT2D eigenvalue weighted by molar-refractivity contribution is -0.128. The number of rotatable bonds is 4. The number of carbonyl (C=O) groups is 1. The van der Waals surface area contributed by atoms with Crippen LogP contribution in [0.1, 0.15) is 45.1 Å². The van der Waals surface area contributed by atoms with Gasteiger partial charge in [-0.05, 0) is 57.5 Å². The van der Waals surface area contributed by atoms with E-state index in [1.807, 2.05) is 13.8 Å². The van der Waals surface area contributed by atoms with Gasteiger partial charge < -0.3 is 0 Å². The normalized spacial score (nSPS) is 17.5.